The molecule has 35 heteroatoms. The molecule has 105 heavy (non-hydrogen) atoms. The number of aliphatic hydroxyl groups is 1. The van der Waals surface area contributed by atoms with E-state index in [1.807, 2.05) is 46.6 Å². The van der Waals surface area contributed by atoms with Gasteiger partial charge in [-0.2, -0.15) is 70.6 Å². The fourth-order valence-electron chi connectivity index (χ4n) is 9.56. The van der Waals surface area contributed by atoms with Crippen LogP contribution >= 0.6 is 70.6 Å². The molecule has 1 aliphatic heterocycles. The van der Waals surface area contributed by atoms with Crippen molar-refractivity contribution in [2.24, 2.45) is 35.5 Å². The van der Waals surface area contributed by atoms with Crippen LogP contribution in [0.2, 0.25) is 0 Å². The summed E-state index contributed by atoms with van der Waals surface area (Å²) in [6, 6.07) is 0. The van der Waals surface area contributed by atoms with Crippen molar-refractivity contribution >= 4 is 136 Å². The molecule has 1 aliphatic rings. The van der Waals surface area contributed by atoms with Gasteiger partial charge in [-0.15, -0.1) is 0 Å². The highest BCUT2D eigenvalue weighted by Crippen LogP contribution is 2.16. The normalized spacial score (nSPS) is 14.6. The first-order valence-corrected chi connectivity index (χ1v) is 44.0. The van der Waals surface area contributed by atoms with Crippen LogP contribution in [-0.4, -0.2) is 351 Å². The molecule has 1 N–H and O–H groups in total. The van der Waals surface area contributed by atoms with Crippen molar-refractivity contribution in [2.45, 2.75) is 92.8 Å². The summed E-state index contributed by atoms with van der Waals surface area (Å²) in [4.78, 5) is 149. The van der Waals surface area contributed by atoms with Gasteiger partial charge in [0.2, 0.25) is 0 Å². The molecule has 1 heterocycles. The monoisotopic (exact) mass is 1610 g/mol. The van der Waals surface area contributed by atoms with Crippen molar-refractivity contribution in [3.05, 3.63) is 0 Å². The lowest BCUT2D eigenvalue weighted by molar-refractivity contribution is -0.156. The Hall–Kier alpha value is -4.01. The predicted molar refractivity (Wildman–Crippen MR) is 411 cm³/mol. The maximum atomic E-state index is 13.0. The summed E-state index contributed by atoms with van der Waals surface area (Å²) < 4.78 is 64.0. The molecule has 0 aromatic carbocycles. The molecule has 608 valence electrons. The van der Waals surface area contributed by atoms with Crippen LogP contribution in [-0.2, 0) is 110 Å². The van der Waals surface area contributed by atoms with E-state index in [2.05, 4.69) is 16.8 Å². The Bertz CT molecular complexity index is 2400. The van der Waals surface area contributed by atoms with Gasteiger partial charge in [-0.1, -0.05) is 41.5 Å². The summed E-state index contributed by atoms with van der Waals surface area (Å²) in [5.74, 6) is -2.53. The molecule has 29 nitrogen and oxygen atoms in total. The molecule has 0 amide bonds. The average Bonchev–Trinajstić information content (AvgIpc) is 0.950. The lowest BCUT2D eigenvalue weighted by Gasteiger charge is -2.33. The molecule has 1 rings (SSSR count). The Morgan fingerprint density at radius 3 is 0.886 bits per heavy atom. The zero-order chi connectivity index (χ0) is 78.0. The molecule has 0 radical (unpaired) electrons. The third kappa shape index (κ3) is 53.5. The molecule has 0 bridgehead atoms. The minimum absolute atomic E-state index is 0.00544. The van der Waals surface area contributed by atoms with Crippen LogP contribution in [0.3, 0.4) is 0 Å². The first kappa shape index (κ1) is 99.0. The van der Waals surface area contributed by atoms with Crippen molar-refractivity contribution < 1.29 is 115 Å². The van der Waals surface area contributed by atoms with Crippen molar-refractivity contribution in [1.29, 1.82) is 0 Å². The fraction of sp³-hybridized carbons (Fsp3) is 0.843. The summed E-state index contributed by atoms with van der Waals surface area (Å²) in [6.45, 7) is 17.4. The van der Waals surface area contributed by atoms with E-state index in [0.29, 0.717) is 78.7 Å². The number of aliphatic hydroxyl groups excluding tert-OH is 1. The number of esters is 11. The Labute approximate surface area is 648 Å². The number of thioether (sulfide) groups is 6. The predicted octanol–water partition coefficient (Wildman–Crippen LogP) is 4.92. The Morgan fingerprint density at radius 2 is 0.600 bits per heavy atom. The van der Waals surface area contributed by atoms with Crippen LogP contribution in [0.15, 0.2) is 0 Å². The second-order valence-corrected chi connectivity index (χ2v) is 31.3. The summed E-state index contributed by atoms with van der Waals surface area (Å²) in [7, 11) is 2.09. The van der Waals surface area contributed by atoms with Gasteiger partial charge < -0.3 is 86.4 Å². The number of carbonyl (C=O) groups is 11. The van der Waals surface area contributed by atoms with E-state index < -0.39 is 65.9 Å². The van der Waals surface area contributed by atoms with Crippen LogP contribution in [0, 0.1) is 35.5 Å². The highest BCUT2D eigenvalue weighted by atomic mass is 32.2. The fourth-order valence-corrected chi connectivity index (χ4v) is 14.2. The van der Waals surface area contributed by atoms with Crippen LogP contribution in [0.25, 0.3) is 0 Å². The number of carbonyl (C=O) groups excluding carboxylic acids is 11. The standard InChI is InChI=1S/C70H123N5O24S6/c1-53(47-100-8)65(82)94-39-33-90-61(78)15-23-74(24-16-62(79)91-34-40-95-66(83)54(2)48-101-9)31-45-104-51-57(5)69(86)98-43-37-88-59(76)13-21-72(19-12-20-73-29-27-71(7)28-30-73)22-14-60(77)89-38-44-99-70(87)58(6)52-105-46-32-75(25-17-63(80)92-35-41-96-67(84)55(3)49-102-10)26-18-64(81)93-36-42-97-68(85)56(4)50-103-11/h53-58,65,82H,12-52H2,1-11H3. The molecule has 0 spiro atoms. The van der Waals surface area contributed by atoms with E-state index in [1.165, 1.54) is 58.8 Å². The minimum Gasteiger partial charge on any atom is -0.463 e. The minimum atomic E-state index is -0.978. The van der Waals surface area contributed by atoms with E-state index >= 15 is 0 Å². The molecule has 0 aromatic heterocycles. The van der Waals surface area contributed by atoms with Gasteiger partial charge >= 0.3 is 65.7 Å². The SMILES string of the molecule is CSCC(C)C(=O)OCCOC(=O)CCN(CCSCC(C)C(=O)OCCOC(=O)CCN(CCCN1CCN(C)CC1)CCC(=O)OCCOC(=O)C(C)CSCCN(CCC(=O)OCCOC(=O)C(C)CSC)CCC(=O)OCCOC(O)C(C)CSC)CCC(=O)OCCOC(=O)C(C)CSC. The quantitative estimate of drug-likeness (QED) is 0.0365. The van der Waals surface area contributed by atoms with Crippen LogP contribution < -0.4 is 0 Å². The maximum Gasteiger partial charge on any atom is 0.309 e. The molecular formula is C70H123N5O24S6. The second kappa shape index (κ2) is 63.7. The molecule has 0 aliphatic carbocycles. The van der Waals surface area contributed by atoms with Crippen LogP contribution in [0.4, 0.5) is 0 Å². The highest BCUT2D eigenvalue weighted by Gasteiger charge is 2.24. The van der Waals surface area contributed by atoms with Crippen molar-refractivity contribution in [3.63, 3.8) is 0 Å². The van der Waals surface area contributed by atoms with Gasteiger partial charge in [0.15, 0.2) is 6.29 Å². The van der Waals surface area contributed by atoms with Crippen molar-refractivity contribution in [3.8, 4) is 0 Å². The summed E-state index contributed by atoms with van der Waals surface area (Å²) in [5, 5.41) is 10.2. The third-order valence-corrected chi connectivity index (χ3v) is 21.7. The highest BCUT2D eigenvalue weighted by molar-refractivity contribution is 8.00. The van der Waals surface area contributed by atoms with Gasteiger partial charge in [-0.25, -0.2) is 0 Å². The summed E-state index contributed by atoms with van der Waals surface area (Å²) in [6.07, 6.45) is 7.53. The molecule has 1 fully saturated rings. The Balaban J connectivity index is 2.67. The molecular weight excluding hydrogens is 1490 g/mol. The molecule has 7 unspecified atom stereocenters. The van der Waals surface area contributed by atoms with E-state index in [0.717, 1.165) is 39.1 Å². The first-order valence-electron chi connectivity index (χ1n) is 36.1. The van der Waals surface area contributed by atoms with Crippen LogP contribution in [0.1, 0.15) is 86.5 Å². The van der Waals surface area contributed by atoms with Crippen LogP contribution in [0.5, 0.6) is 0 Å². The lowest BCUT2D eigenvalue weighted by atomic mass is 10.2. The van der Waals surface area contributed by atoms with E-state index in [-0.39, 0.29) is 186 Å². The number of piperazine rings is 1. The number of hydrogen-bond acceptors (Lipinski definition) is 35. The topological polar surface area (TPSA) is 335 Å². The number of likely N-dealkylation sites (N-methyl/N-ethyl adjacent to an activating group) is 1. The number of hydrogen-bond donors (Lipinski definition) is 1. The summed E-state index contributed by atoms with van der Waals surface area (Å²) in [5.41, 5.74) is 0. The molecule has 1 saturated heterocycles. The summed E-state index contributed by atoms with van der Waals surface area (Å²) >= 11 is 9.14. The number of ether oxygens (including phenoxy) is 12. The van der Waals surface area contributed by atoms with Gasteiger partial charge in [0.25, 0.3) is 0 Å². The maximum absolute atomic E-state index is 13.0. The smallest absolute Gasteiger partial charge is 0.309 e. The molecule has 0 aromatic rings. The second-order valence-electron chi connectivity index (χ2n) is 25.4. The largest absolute Gasteiger partial charge is 0.463 e. The van der Waals surface area contributed by atoms with E-state index in [4.69, 9.17) is 56.8 Å². The zero-order valence-electron chi connectivity index (χ0n) is 64.1. The zero-order valence-corrected chi connectivity index (χ0v) is 69.0. The Morgan fingerprint density at radius 1 is 0.343 bits per heavy atom. The molecule has 0 saturated carbocycles. The first-order chi connectivity index (χ1) is 50.3. The number of nitrogens with zero attached hydrogens (tertiary/aromatic N) is 5. The van der Waals surface area contributed by atoms with E-state index in [9.17, 15) is 57.8 Å². The molecule has 7 atom stereocenters. The van der Waals surface area contributed by atoms with E-state index in [1.54, 1.807) is 46.4 Å². The number of rotatable bonds is 65. The van der Waals surface area contributed by atoms with Gasteiger partial charge in [0.05, 0.1) is 74.7 Å². The van der Waals surface area contributed by atoms with Crippen molar-refractivity contribution in [2.75, 3.05) is 249 Å². The Kier molecular flexibility index (Phi) is 60.1. The third-order valence-electron chi connectivity index (χ3n) is 15.9. The lowest BCUT2D eigenvalue weighted by Crippen LogP contribution is -2.45. The van der Waals surface area contributed by atoms with Crippen molar-refractivity contribution in [1.82, 2.24) is 24.5 Å². The van der Waals surface area contributed by atoms with Gasteiger partial charge in [0, 0.05) is 130 Å². The van der Waals surface area contributed by atoms with Gasteiger partial charge in [-0.3, -0.25) is 52.7 Å². The van der Waals surface area contributed by atoms with Gasteiger partial charge in [0.1, 0.15) is 72.7 Å². The van der Waals surface area contributed by atoms with Gasteiger partial charge in [-0.05, 0) is 51.6 Å². The average molecular weight is 1610 g/mol.